The number of hydrogen-bond acceptors (Lipinski definition) is 0. The van der Waals surface area contributed by atoms with Gasteiger partial charge >= 0.3 is 29.6 Å². The fraction of sp³-hybridized carbons (Fsp3) is 0.400. The molecular weight excluding hydrogens is 174 g/mol. The molecule has 0 nitrogen and oxygen atoms in total. The van der Waals surface area contributed by atoms with E-state index >= 15 is 0 Å². The number of hydrogen-bond donors (Lipinski definition) is 0. The Hall–Kier alpha value is 0.650. The first kappa shape index (κ1) is 15.1. The van der Waals surface area contributed by atoms with Crippen LogP contribution in [-0.4, -0.2) is 0 Å². The molecule has 0 bridgehead atoms. The minimum Gasteiger partial charge on any atom is -0.577 e. The first-order chi connectivity index (χ1) is 4.61. The Bertz CT molecular complexity index is 201. The Morgan fingerprint density at radius 3 is 1.75 bits per heavy atom. The zero-order valence-corrected chi connectivity index (χ0v) is 11.5. The largest absolute Gasteiger partial charge is 1.00 e. The van der Waals surface area contributed by atoms with E-state index in [4.69, 9.17) is 0 Å². The molecule has 1 rings (SSSR count). The molecule has 0 aromatic heterocycles. The van der Waals surface area contributed by atoms with Crippen LogP contribution in [0, 0.1) is 6.07 Å². The summed E-state index contributed by atoms with van der Waals surface area (Å²) in [6, 6.07) is 11.1. The van der Waals surface area contributed by atoms with E-state index in [0.29, 0.717) is 0 Å². The third kappa shape index (κ3) is 4.62. The molecule has 0 unspecified atom stereocenters. The maximum absolute atomic E-state index is 3.00. The zero-order chi connectivity index (χ0) is 7.61. The second kappa shape index (κ2) is 6.16. The second-order valence-corrected chi connectivity index (χ2v) is 3.54. The van der Waals surface area contributed by atoms with Crippen molar-refractivity contribution in [1.82, 2.24) is 0 Å². The van der Waals surface area contributed by atoms with Crippen molar-refractivity contribution in [2.45, 2.75) is 26.2 Å². The van der Waals surface area contributed by atoms with Gasteiger partial charge in [-0.15, -0.1) is 0 Å². The van der Waals surface area contributed by atoms with Gasteiger partial charge in [0.2, 0.25) is 0 Å². The van der Waals surface area contributed by atoms with E-state index in [1.165, 1.54) is 5.56 Å². The van der Waals surface area contributed by atoms with Crippen LogP contribution in [0.5, 0.6) is 0 Å². The molecule has 1 aromatic carbocycles. The van der Waals surface area contributed by atoms with E-state index < -0.39 is 0 Å². The fourth-order valence-electron chi connectivity index (χ4n) is 0.887. The van der Waals surface area contributed by atoms with Crippen molar-refractivity contribution < 1.29 is 29.6 Å². The van der Waals surface area contributed by atoms with Crippen LogP contribution >= 0.6 is 9.90 Å². The van der Waals surface area contributed by atoms with Gasteiger partial charge in [-0.3, -0.25) is 0 Å². The Morgan fingerprint density at radius 1 is 1.08 bits per heavy atom. The van der Waals surface area contributed by atoms with E-state index in [2.05, 4.69) is 39.0 Å². The molecule has 0 aliphatic carbocycles. The monoisotopic (exact) mass is 189 g/mol. The van der Waals surface area contributed by atoms with Gasteiger partial charge in [0.25, 0.3) is 0 Å². The minimum absolute atomic E-state index is 0. The summed E-state index contributed by atoms with van der Waals surface area (Å²) in [7, 11) is 0. The van der Waals surface area contributed by atoms with Gasteiger partial charge in [0.05, 0.1) is 0 Å². The van der Waals surface area contributed by atoms with Crippen molar-refractivity contribution >= 4 is 9.90 Å². The molecule has 0 atom stereocenters. The van der Waals surface area contributed by atoms with Crippen LogP contribution in [0.3, 0.4) is 0 Å². The normalized spacial score (nSPS) is 9.58. The summed E-state index contributed by atoms with van der Waals surface area (Å²) >= 11 is 0. The molecule has 61 valence electrons. The molecule has 0 N–H and O–H groups in total. The van der Waals surface area contributed by atoms with Gasteiger partial charge in [0.1, 0.15) is 0 Å². The third-order valence-electron chi connectivity index (χ3n) is 1.58. The van der Waals surface area contributed by atoms with E-state index in [-0.39, 0.29) is 44.9 Å². The van der Waals surface area contributed by atoms with Crippen LogP contribution in [0.15, 0.2) is 24.3 Å². The van der Waals surface area contributed by atoms with Gasteiger partial charge in [-0.1, -0.05) is 45.0 Å². The average Bonchev–Trinajstić information content (AvgIpc) is 1.88. The summed E-state index contributed by atoms with van der Waals surface area (Å²) in [6.07, 6.45) is 0. The number of benzene rings is 1. The van der Waals surface area contributed by atoms with Crippen molar-refractivity contribution in [3.63, 3.8) is 0 Å². The molecular formula is C10H15NaP. The molecule has 1 aromatic rings. The van der Waals surface area contributed by atoms with Gasteiger partial charge in [-0.05, 0) is 17.0 Å². The Labute approximate surface area is 101 Å². The van der Waals surface area contributed by atoms with Gasteiger partial charge < -0.3 is 9.90 Å². The second-order valence-electron chi connectivity index (χ2n) is 3.54. The van der Waals surface area contributed by atoms with Crippen molar-refractivity contribution in [2.75, 3.05) is 0 Å². The maximum atomic E-state index is 3.00. The van der Waals surface area contributed by atoms with Crippen molar-refractivity contribution in [3.8, 4) is 0 Å². The molecule has 0 amide bonds. The van der Waals surface area contributed by atoms with Gasteiger partial charge in [0.15, 0.2) is 0 Å². The van der Waals surface area contributed by atoms with E-state index in [1.54, 1.807) is 0 Å². The molecule has 1 radical (unpaired) electrons. The molecule has 0 saturated heterocycles. The van der Waals surface area contributed by atoms with Crippen LogP contribution in [0.4, 0.5) is 0 Å². The van der Waals surface area contributed by atoms with E-state index in [9.17, 15) is 0 Å². The molecule has 2 heteroatoms. The Balaban J connectivity index is 0. The average molecular weight is 189 g/mol. The first-order valence-corrected chi connectivity index (χ1v) is 3.57. The summed E-state index contributed by atoms with van der Waals surface area (Å²) in [6.45, 7) is 6.63. The van der Waals surface area contributed by atoms with Crippen LogP contribution in [0.2, 0.25) is 0 Å². The summed E-state index contributed by atoms with van der Waals surface area (Å²) < 4.78 is 0. The van der Waals surface area contributed by atoms with Gasteiger partial charge in [-0.2, -0.15) is 0 Å². The summed E-state index contributed by atoms with van der Waals surface area (Å²) in [4.78, 5) is 0. The zero-order valence-electron chi connectivity index (χ0n) is 8.39. The Kier molecular flexibility index (Phi) is 7.77. The maximum Gasteiger partial charge on any atom is 1.00 e. The summed E-state index contributed by atoms with van der Waals surface area (Å²) in [5.41, 5.74) is 1.64. The first-order valence-electron chi connectivity index (χ1n) is 3.57. The molecule has 0 aliphatic heterocycles. The van der Waals surface area contributed by atoms with Crippen LogP contribution in [0.25, 0.3) is 0 Å². The Morgan fingerprint density at radius 2 is 1.50 bits per heavy atom. The molecule has 0 heterocycles. The molecule has 0 saturated carbocycles. The smallest absolute Gasteiger partial charge is 0.577 e. The molecule has 0 spiro atoms. The topological polar surface area (TPSA) is 0 Å². The third-order valence-corrected chi connectivity index (χ3v) is 1.58. The number of rotatable bonds is 0. The van der Waals surface area contributed by atoms with Crippen molar-refractivity contribution in [2.24, 2.45) is 0 Å². The van der Waals surface area contributed by atoms with Gasteiger partial charge in [0, 0.05) is 0 Å². The van der Waals surface area contributed by atoms with Crippen LogP contribution < -0.4 is 29.6 Å². The SMILES string of the molecule is CC(C)(C)c1cc[c]cc1.[Na+].[PH2-]. The standard InChI is InChI=1S/C10H13.Na.H2P/c1-10(2,3)9-7-5-4-6-8-9;;/h5-8H,1-3H3;;1H2/q;+1;-1. The van der Waals surface area contributed by atoms with Crippen molar-refractivity contribution in [3.05, 3.63) is 35.9 Å². The minimum atomic E-state index is 0. The molecule has 12 heavy (non-hydrogen) atoms. The van der Waals surface area contributed by atoms with E-state index in [1.807, 2.05) is 12.1 Å². The van der Waals surface area contributed by atoms with E-state index in [0.717, 1.165) is 0 Å². The van der Waals surface area contributed by atoms with Gasteiger partial charge in [-0.25, -0.2) is 0 Å². The quantitative estimate of drug-likeness (QED) is 0.401. The molecule has 0 fully saturated rings. The molecule has 0 aliphatic rings. The van der Waals surface area contributed by atoms with Crippen LogP contribution in [0.1, 0.15) is 26.3 Å². The predicted octanol–water partition coefficient (Wildman–Crippen LogP) is 0.114. The van der Waals surface area contributed by atoms with Crippen LogP contribution in [-0.2, 0) is 5.41 Å². The van der Waals surface area contributed by atoms with Crippen molar-refractivity contribution in [1.29, 1.82) is 0 Å². The predicted molar refractivity (Wildman–Crippen MR) is 53.7 cm³/mol. The summed E-state index contributed by atoms with van der Waals surface area (Å²) in [5, 5.41) is 0. The fourth-order valence-corrected chi connectivity index (χ4v) is 0.887. The summed E-state index contributed by atoms with van der Waals surface area (Å²) in [5.74, 6) is 0.